The first-order valence-electron chi connectivity index (χ1n) is 13.3. The minimum atomic E-state index is -0.307. The molecule has 0 saturated carbocycles. The van der Waals surface area contributed by atoms with Gasteiger partial charge in [-0.2, -0.15) is 0 Å². The molecule has 2 rings (SSSR count). The number of nitrogens with two attached hydrogens (primary N) is 1. The summed E-state index contributed by atoms with van der Waals surface area (Å²) in [5.74, 6) is 3.04. The molecule has 3 unspecified atom stereocenters. The van der Waals surface area contributed by atoms with Crippen molar-refractivity contribution in [1.82, 2.24) is 9.97 Å². The number of anilines is 1. The number of carbonyl (C=O) groups is 2. The SMILES string of the molecule is C=c1nc(C)s/c1=C(C(=O)Nc1cnc(OC)cc1C)/C(=C\C)OC.CCC(C)C(C)CC(C)COC.NC=O. The lowest BCUT2D eigenvalue weighted by atomic mass is 9.86. The number of hydrogen-bond acceptors (Lipinski definition) is 8. The highest BCUT2D eigenvalue weighted by Crippen LogP contribution is 2.22. The molecular weight excluding hydrogens is 528 g/mol. The Balaban J connectivity index is 0.000000850. The van der Waals surface area contributed by atoms with Crippen LogP contribution in [0.2, 0.25) is 0 Å². The third kappa shape index (κ3) is 12.3. The fraction of sp³-hybridized carbons (Fsp3) is 0.533. The van der Waals surface area contributed by atoms with Crippen LogP contribution in [0, 0.1) is 31.6 Å². The number of ether oxygens (including phenoxy) is 3. The highest BCUT2D eigenvalue weighted by Gasteiger charge is 2.19. The van der Waals surface area contributed by atoms with E-state index in [1.54, 1.807) is 32.6 Å². The third-order valence-corrected chi connectivity index (χ3v) is 7.40. The topological polar surface area (TPSA) is 126 Å². The number of aromatic nitrogens is 2. The molecule has 2 aromatic heterocycles. The predicted octanol–water partition coefficient (Wildman–Crippen LogP) is 4.36. The summed E-state index contributed by atoms with van der Waals surface area (Å²) in [5, 5.41) is 4.26. The first-order chi connectivity index (χ1) is 18.9. The molecule has 10 heteroatoms. The van der Waals surface area contributed by atoms with E-state index in [0.29, 0.717) is 38.7 Å². The van der Waals surface area contributed by atoms with Gasteiger partial charge in [0.15, 0.2) is 0 Å². The molecule has 0 fully saturated rings. The van der Waals surface area contributed by atoms with Gasteiger partial charge < -0.3 is 25.3 Å². The van der Waals surface area contributed by atoms with Gasteiger partial charge >= 0.3 is 0 Å². The number of aryl methyl sites for hydroxylation is 2. The second-order valence-electron chi connectivity index (χ2n) is 9.53. The number of thiazole rings is 1. The molecule has 3 N–H and O–H groups in total. The van der Waals surface area contributed by atoms with Gasteiger partial charge in [0.25, 0.3) is 5.91 Å². The number of nitrogens with one attached hydrogen (secondary N) is 1. The van der Waals surface area contributed by atoms with Gasteiger partial charge in [0.2, 0.25) is 12.3 Å². The lowest BCUT2D eigenvalue weighted by Gasteiger charge is -2.21. The zero-order valence-corrected chi connectivity index (χ0v) is 26.6. The molecular formula is C30H48N4O5S. The minimum absolute atomic E-state index is 0.250. The Morgan fingerprint density at radius 1 is 1.20 bits per heavy atom. The van der Waals surface area contributed by atoms with Crippen molar-refractivity contribution in [2.45, 2.75) is 61.3 Å². The summed E-state index contributed by atoms with van der Waals surface area (Å²) in [5.41, 5.74) is 6.01. The van der Waals surface area contributed by atoms with Crippen molar-refractivity contribution >= 4 is 41.5 Å². The molecule has 2 aromatic rings. The number of carbonyl (C=O) groups excluding carboxylic acids is 2. The summed E-state index contributed by atoms with van der Waals surface area (Å²) in [7, 11) is 4.86. The first kappa shape index (κ1) is 36.8. The van der Waals surface area contributed by atoms with Gasteiger partial charge in [-0.3, -0.25) is 9.59 Å². The Hall–Kier alpha value is -3.24. The van der Waals surface area contributed by atoms with Gasteiger partial charge in [0.1, 0.15) is 11.3 Å². The number of amides is 2. The van der Waals surface area contributed by atoms with E-state index >= 15 is 0 Å². The van der Waals surface area contributed by atoms with E-state index in [9.17, 15) is 4.79 Å². The zero-order chi connectivity index (χ0) is 30.8. The average Bonchev–Trinajstić information content (AvgIpc) is 3.25. The highest BCUT2D eigenvalue weighted by molar-refractivity contribution is 7.09. The Morgan fingerprint density at radius 3 is 2.25 bits per heavy atom. The van der Waals surface area contributed by atoms with E-state index in [4.69, 9.17) is 19.0 Å². The molecule has 0 radical (unpaired) electrons. The van der Waals surface area contributed by atoms with Crippen LogP contribution in [0.25, 0.3) is 12.2 Å². The molecule has 0 aliphatic carbocycles. The molecule has 224 valence electrons. The molecule has 0 saturated heterocycles. The third-order valence-electron chi connectivity index (χ3n) is 6.37. The highest BCUT2D eigenvalue weighted by atomic mass is 32.1. The van der Waals surface area contributed by atoms with Gasteiger partial charge in [-0.1, -0.05) is 40.7 Å². The van der Waals surface area contributed by atoms with Crippen LogP contribution >= 0.6 is 11.3 Å². The Kier molecular flexibility index (Phi) is 18.2. The summed E-state index contributed by atoms with van der Waals surface area (Å²) < 4.78 is 16.3. The van der Waals surface area contributed by atoms with Gasteiger partial charge in [0, 0.05) is 19.8 Å². The maximum absolute atomic E-state index is 13.0. The van der Waals surface area contributed by atoms with Gasteiger partial charge in [0.05, 0.1) is 41.0 Å². The Labute approximate surface area is 243 Å². The van der Waals surface area contributed by atoms with Crippen molar-refractivity contribution < 1.29 is 23.8 Å². The van der Waals surface area contributed by atoms with E-state index < -0.39 is 0 Å². The fourth-order valence-electron chi connectivity index (χ4n) is 3.94. The van der Waals surface area contributed by atoms with Crippen molar-refractivity contribution in [1.29, 1.82) is 0 Å². The van der Waals surface area contributed by atoms with Crippen LogP contribution in [0.3, 0.4) is 0 Å². The molecule has 2 amide bonds. The van der Waals surface area contributed by atoms with Crippen LogP contribution in [-0.4, -0.2) is 50.2 Å². The zero-order valence-electron chi connectivity index (χ0n) is 25.8. The Morgan fingerprint density at radius 2 is 1.82 bits per heavy atom. The smallest absolute Gasteiger partial charge is 0.260 e. The summed E-state index contributed by atoms with van der Waals surface area (Å²) in [6, 6.07) is 1.76. The summed E-state index contributed by atoms with van der Waals surface area (Å²) >= 11 is 1.40. The molecule has 40 heavy (non-hydrogen) atoms. The number of pyridine rings is 1. The number of rotatable bonds is 11. The second-order valence-corrected chi connectivity index (χ2v) is 10.7. The molecule has 0 bridgehead atoms. The van der Waals surface area contributed by atoms with Crippen LogP contribution < -0.4 is 25.7 Å². The summed E-state index contributed by atoms with van der Waals surface area (Å²) in [4.78, 5) is 30.0. The van der Waals surface area contributed by atoms with Crippen molar-refractivity contribution in [3.8, 4) is 5.88 Å². The first-order valence-corrected chi connectivity index (χ1v) is 14.1. The fourth-order valence-corrected chi connectivity index (χ4v) is 4.85. The monoisotopic (exact) mass is 576 g/mol. The van der Waals surface area contributed by atoms with E-state index in [0.717, 1.165) is 29.0 Å². The number of primary amides is 1. The molecule has 3 atom stereocenters. The quantitative estimate of drug-likeness (QED) is 0.301. The van der Waals surface area contributed by atoms with E-state index in [1.807, 2.05) is 20.8 Å². The van der Waals surface area contributed by atoms with Crippen LogP contribution in [-0.2, 0) is 19.1 Å². The lowest BCUT2D eigenvalue weighted by Crippen LogP contribution is -2.29. The molecule has 2 heterocycles. The molecule has 0 aliphatic rings. The van der Waals surface area contributed by atoms with E-state index in [1.165, 1.54) is 31.3 Å². The molecule has 9 nitrogen and oxygen atoms in total. The average molecular weight is 577 g/mol. The maximum Gasteiger partial charge on any atom is 0.260 e. The van der Waals surface area contributed by atoms with Crippen molar-refractivity contribution in [3.63, 3.8) is 0 Å². The van der Waals surface area contributed by atoms with Gasteiger partial charge in [-0.25, -0.2) is 9.97 Å². The summed E-state index contributed by atoms with van der Waals surface area (Å²) in [6.45, 7) is 19.6. The molecule has 0 aromatic carbocycles. The lowest BCUT2D eigenvalue weighted by molar-refractivity contribution is -0.111. The van der Waals surface area contributed by atoms with Crippen LogP contribution in [0.4, 0.5) is 5.69 Å². The largest absolute Gasteiger partial charge is 0.496 e. The predicted molar refractivity (Wildman–Crippen MR) is 164 cm³/mol. The number of nitrogens with zero attached hydrogens (tertiary/aromatic N) is 2. The van der Waals surface area contributed by atoms with Crippen molar-refractivity contribution in [3.05, 3.63) is 44.6 Å². The van der Waals surface area contributed by atoms with Crippen LogP contribution in [0.5, 0.6) is 5.88 Å². The van der Waals surface area contributed by atoms with E-state index in [2.05, 4.69) is 55.3 Å². The number of hydrogen-bond donors (Lipinski definition) is 2. The van der Waals surface area contributed by atoms with Gasteiger partial charge in [-0.05, 0) is 56.6 Å². The number of allylic oxidation sites excluding steroid dienone is 1. The second kappa shape index (κ2) is 19.8. The van der Waals surface area contributed by atoms with Gasteiger partial charge in [-0.15, -0.1) is 11.3 Å². The normalized spacial score (nSPS) is 13.8. The summed E-state index contributed by atoms with van der Waals surface area (Å²) in [6.07, 6.45) is 6.14. The standard InChI is InChI=1S/C18H21N3O3S.C11H24O.CH3NO/c1-7-14(23-5)16(17-11(3)20-12(4)25-17)18(22)21-13-9-19-15(24-6)8-10(13)2;1-6-10(3)11(4)7-9(2)8-12-5;2-1-3/h7-9H,3H2,1-2,4-6H3,(H,21,22);9-11H,6-8H2,1-5H3;1H,(H2,2,3)/b14-7+,17-16-;;. The van der Waals surface area contributed by atoms with Crippen LogP contribution in [0.15, 0.2) is 24.1 Å². The van der Waals surface area contributed by atoms with E-state index in [-0.39, 0.29) is 12.3 Å². The Bertz CT molecular complexity index is 1200. The molecule has 0 spiro atoms. The van der Waals surface area contributed by atoms with Crippen molar-refractivity contribution in [2.75, 3.05) is 33.3 Å². The maximum atomic E-state index is 13.0. The minimum Gasteiger partial charge on any atom is -0.496 e. The van der Waals surface area contributed by atoms with Crippen LogP contribution in [0.1, 0.15) is 58.0 Å². The number of methoxy groups -OCH3 is 3. The molecule has 0 aliphatic heterocycles. The van der Waals surface area contributed by atoms with Crippen molar-refractivity contribution in [2.24, 2.45) is 23.5 Å².